The second kappa shape index (κ2) is 7.67. The maximum Gasteiger partial charge on any atom is 0.0716 e. The molecule has 0 spiro atoms. The van der Waals surface area contributed by atoms with Gasteiger partial charge in [-0.05, 0) is 36.5 Å². The Morgan fingerprint density at radius 2 is 1.61 bits per heavy atom. The van der Waals surface area contributed by atoms with Crippen LogP contribution < -0.4 is 0 Å². The van der Waals surface area contributed by atoms with E-state index in [0.29, 0.717) is 6.61 Å². The van der Waals surface area contributed by atoms with Gasteiger partial charge in [-0.1, -0.05) is 54.6 Å². The first-order valence-electron chi connectivity index (χ1n) is 6.52. The highest BCUT2D eigenvalue weighted by atomic mass is 16.5. The molecule has 0 amide bonds. The molecule has 0 aliphatic carbocycles. The van der Waals surface area contributed by atoms with E-state index in [-0.39, 0.29) is 0 Å². The third-order valence-corrected chi connectivity index (χ3v) is 2.90. The fraction of sp³-hybridized carbons (Fsp3) is 0.294. The second-order valence-corrected chi connectivity index (χ2v) is 4.40. The Morgan fingerprint density at radius 1 is 0.833 bits per heavy atom. The van der Waals surface area contributed by atoms with E-state index in [1.807, 2.05) is 24.3 Å². The van der Waals surface area contributed by atoms with Gasteiger partial charge in [-0.15, -0.1) is 0 Å². The van der Waals surface area contributed by atoms with Gasteiger partial charge in [0.1, 0.15) is 0 Å². The summed E-state index contributed by atoms with van der Waals surface area (Å²) in [5.41, 5.74) is 2.63. The van der Waals surface area contributed by atoms with Crippen molar-refractivity contribution in [2.24, 2.45) is 0 Å². The molecule has 0 unspecified atom stereocenters. The topological polar surface area (TPSA) is 9.23 Å². The first-order chi connectivity index (χ1) is 8.95. The van der Waals surface area contributed by atoms with Crippen LogP contribution in [0, 0.1) is 6.07 Å². The first kappa shape index (κ1) is 12.8. The van der Waals surface area contributed by atoms with Crippen LogP contribution in [-0.4, -0.2) is 6.61 Å². The summed E-state index contributed by atoms with van der Waals surface area (Å²) in [7, 11) is 0. The molecule has 2 rings (SSSR count). The Morgan fingerprint density at radius 3 is 2.39 bits per heavy atom. The maximum atomic E-state index is 5.64. The summed E-state index contributed by atoms with van der Waals surface area (Å²) < 4.78 is 5.64. The summed E-state index contributed by atoms with van der Waals surface area (Å²) in [5.74, 6) is 0. The van der Waals surface area contributed by atoms with Crippen molar-refractivity contribution in [1.82, 2.24) is 0 Å². The standard InChI is InChI=1S/C17H19O/c1-3-9-16(10-4-1)11-7-8-14-18-15-17-12-5-2-6-13-17/h1,3-6,9-10,12-13H,7-8,11,14-15H2. The monoisotopic (exact) mass is 239 g/mol. The van der Waals surface area contributed by atoms with Crippen LogP contribution in [0.5, 0.6) is 0 Å². The molecule has 1 radical (unpaired) electrons. The highest BCUT2D eigenvalue weighted by molar-refractivity contribution is 5.14. The van der Waals surface area contributed by atoms with E-state index in [4.69, 9.17) is 4.74 Å². The third kappa shape index (κ3) is 4.72. The van der Waals surface area contributed by atoms with Gasteiger partial charge in [-0.25, -0.2) is 0 Å². The average molecular weight is 239 g/mol. The predicted molar refractivity (Wildman–Crippen MR) is 74.3 cm³/mol. The number of ether oxygens (including phenoxy) is 1. The van der Waals surface area contributed by atoms with Crippen LogP contribution in [-0.2, 0) is 17.8 Å². The minimum Gasteiger partial charge on any atom is -0.377 e. The number of unbranched alkanes of at least 4 members (excludes halogenated alkanes) is 1. The molecule has 2 aromatic rings. The van der Waals surface area contributed by atoms with Crippen LogP contribution in [0.25, 0.3) is 0 Å². The molecule has 0 saturated carbocycles. The zero-order chi connectivity index (χ0) is 12.5. The number of rotatable bonds is 7. The smallest absolute Gasteiger partial charge is 0.0716 e. The molecular formula is C17H19O. The lowest BCUT2D eigenvalue weighted by atomic mass is 10.1. The fourth-order valence-electron chi connectivity index (χ4n) is 1.89. The van der Waals surface area contributed by atoms with Crippen LogP contribution in [0.15, 0.2) is 54.6 Å². The summed E-state index contributed by atoms with van der Waals surface area (Å²) >= 11 is 0. The van der Waals surface area contributed by atoms with Crippen molar-refractivity contribution in [1.29, 1.82) is 0 Å². The van der Waals surface area contributed by atoms with Gasteiger partial charge in [0.05, 0.1) is 6.61 Å². The van der Waals surface area contributed by atoms with Crippen LogP contribution in [0.2, 0.25) is 0 Å². The predicted octanol–water partition coefficient (Wildman–Crippen LogP) is 4.03. The Bertz CT molecular complexity index is 378. The molecule has 0 aromatic heterocycles. The fourth-order valence-corrected chi connectivity index (χ4v) is 1.89. The minimum atomic E-state index is 0.708. The summed E-state index contributed by atoms with van der Waals surface area (Å²) in [6, 6.07) is 21.6. The third-order valence-electron chi connectivity index (χ3n) is 2.90. The number of aryl methyl sites for hydroxylation is 1. The van der Waals surface area contributed by atoms with Gasteiger partial charge in [0.25, 0.3) is 0 Å². The molecule has 0 aliphatic rings. The van der Waals surface area contributed by atoms with Gasteiger partial charge in [-0.2, -0.15) is 0 Å². The molecule has 0 N–H and O–H groups in total. The van der Waals surface area contributed by atoms with Gasteiger partial charge < -0.3 is 4.74 Å². The molecule has 1 heteroatoms. The summed E-state index contributed by atoms with van der Waals surface area (Å²) in [5, 5.41) is 0. The Hall–Kier alpha value is -1.60. The Kier molecular flexibility index (Phi) is 5.48. The van der Waals surface area contributed by atoms with Crippen molar-refractivity contribution >= 4 is 0 Å². The molecule has 0 bridgehead atoms. The van der Waals surface area contributed by atoms with Gasteiger partial charge in [0.15, 0.2) is 0 Å². The number of benzene rings is 2. The van der Waals surface area contributed by atoms with E-state index in [1.54, 1.807) is 0 Å². The van der Waals surface area contributed by atoms with E-state index in [9.17, 15) is 0 Å². The zero-order valence-electron chi connectivity index (χ0n) is 10.6. The van der Waals surface area contributed by atoms with Crippen molar-refractivity contribution in [2.45, 2.75) is 25.9 Å². The van der Waals surface area contributed by atoms with Crippen molar-refractivity contribution in [2.75, 3.05) is 6.61 Å². The summed E-state index contributed by atoms with van der Waals surface area (Å²) in [6.07, 6.45) is 3.45. The van der Waals surface area contributed by atoms with Crippen LogP contribution in [0.3, 0.4) is 0 Å². The maximum absolute atomic E-state index is 5.64. The van der Waals surface area contributed by atoms with Gasteiger partial charge >= 0.3 is 0 Å². The van der Waals surface area contributed by atoms with E-state index in [1.165, 1.54) is 17.5 Å². The summed E-state index contributed by atoms with van der Waals surface area (Å²) in [6.45, 7) is 1.55. The van der Waals surface area contributed by atoms with Gasteiger partial charge in [0.2, 0.25) is 0 Å². The molecule has 0 aliphatic heterocycles. The Labute approximate surface area is 109 Å². The second-order valence-electron chi connectivity index (χ2n) is 4.40. The Balaban J connectivity index is 1.54. The first-order valence-corrected chi connectivity index (χ1v) is 6.52. The van der Waals surface area contributed by atoms with Crippen LogP contribution >= 0.6 is 0 Å². The van der Waals surface area contributed by atoms with E-state index >= 15 is 0 Å². The molecular weight excluding hydrogens is 220 g/mol. The lowest BCUT2D eigenvalue weighted by molar-refractivity contribution is 0.117. The van der Waals surface area contributed by atoms with E-state index in [0.717, 1.165) is 19.4 Å². The lowest BCUT2D eigenvalue weighted by Crippen LogP contribution is -1.96. The van der Waals surface area contributed by atoms with E-state index in [2.05, 4.69) is 36.4 Å². The molecule has 2 aromatic carbocycles. The summed E-state index contributed by atoms with van der Waals surface area (Å²) in [4.78, 5) is 0. The lowest BCUT2D eigenvalue weighted by Gasteiger charge is -2.04. The van der Waals surface area contributed by atoms with Gasteiger partial charge in [-0.3, -0.25) is 0 Å². The zero-order valence-corrected chi connectivity index (χ0v) is 10.6. The molecule has 0 fully saturated rings. The molecule has 0 saturated heterocycles. The highest BCUT2D eigenvalue weighted by Gasteiger charge is 1.94. The number of hydrogen-bond acceptors (Lipinski definition) is 1. The quantitative estimate of drug-likeness (QED) is 0.663. The SMILES string of the molecule is [c]1ccc(COCCCCc2ccccc2)cc1. The van der Waals surface area contributed by atoms with Crippen molar-refractivity contribution < 1.29 is 4.74 Å². The highest BCUT2D eigenvalue weighted by Crippen LogP contribution is 2.05. The molecule has 18 heavy (non-hydrogen) atoms. The van der Waals surface area contributed by atoms with Crippen LogP contribution in [0.4, 0.5) is 0 Å². The largest absolute Gasteiger partial charge is 0.377 e. The molecule has 0 atom stereocenters. The number of hydrogen-bond donors (Lipinski definition) is 0. The minimum absolute atomic E-state index is 0.708. The normalized spacial score (nSPS) is 10.4. The van der Waals surface area contributed by atoms with Crippen molar-refractivity contribution in [3.63, 3.8) is 0 Å². The van der Waals surface area contributed by atoms with Crippen LogP contribution in [0.1, 0.15) is 24.0 Å². The average Bonchev–Trinajstić information content (AvgIpc) is 2.45. The van der Waals surface area contributed by atoms with Crippen molar-refractivity contribution in [3.05, 3.63) is 71.8 Å². The molecule has 0 heterocycles. The van der Waals surface area contributed by atoms with E-state index < -0.39 is 0 Å². The molecule has 93 valence electrons. The molecule has 1 nitrogen and oxygen atoms in total. The van der Waals surface area contributed by atoms with Crippen molar-refractivity contribution in [3.8, 4) is 0 Å². The van der Waals surface area contributed by atoms with Gasteiger partial charge in [0, 0.05) is 6.61 Å².